The zero-order valence-electron chi connectivity index (χ0n) is 12.0. The fraction of sp³-hybridized carbons (Fsp3) is 0.267. The zero-order valence-corrected chi connectivity index (χ0v) is 12.9. The van der Waals surface area contributed by atoms with Crippen molar-refractivity contribution in [2.24, 2.45) is 5.73 Å². The Kier molecular flexibility index (Phi) is 3.81. The van der Waals surface area contributed by atoms with Gasteiger partial charge in [0.25, 0.3) is 5.56 Å². The lowest BCUT2D eigenvalue weighted by atomic mass is 10.2. The van der Waals surface area contributed by atoms with E-state index in [0.29, 0.717) is 28.2 Å². The van der Waals surface area contributed by atoms with E-state index in [-0.39, 0.29) is 18.5 Å². The van der Waals surface area contributed by atoms with Crippen molar-refractivity contribution in [1.29, 1.82) is 0 Å². The molecule has 0 bridgehead atoms. The second-order valence-electron chi connectivity index (χ2n) is 4.86. The fourth-order valence-corrected chi connectivity index (χ4v) is 3.34. The quantitative estimate of drug-likeness (QED) is 0.780. The first-order valence-corrected chi connectivity index (χ1v) is 7.83. The Morgan fingerprint density at radius 2 is 2.32 bits per heavy atom. The van der Waals surface area contributed by atoms with Crippen LogP contribution in [-0.4, -0.2) is 15.5 Å². The SMILES string of the molecule is CCc1nc2scc(-c3ccco3)c2c(=O)n1CCC(N)=O. The number of amides is 1. The van der Waals surface area contributed by atoms with E-state index in [0.717, 1.165) is 5.56 Å². The predicted octanol–water partition coefficient (Wildman–Crippen LogP) is 2.16. The van der Waals surface area contributed by atoms with Crippen molar-refractivity contribution in [3.05, 3.63) is 40.0 Å². The highest BCUT2D eigenvalue weighted by atomic mass is 32.1. The molecule has 3 heterocycles. The predicted molar refractivity (Wildman–Crippen MR) is 84.8 cm³/mol. The van der Waals surface area contributed by atoms with Gasteiger partial charge in [-0.25, -0.2) is 4.98 Å². The topological polar surface area (TPSA) is 91.1 Å². The van der Waals surface area contributed by atoms with E-state index in [2.05, 4.69) is 4.98 Å². The maximum Gasteiger partial charge on any atom is 0.263 e. The van der Waals surface area contributed by atoms with Gasteiger partial charge in [-0.15, -0.1) is 11.3 Å². The highest BCUT2D eigenvalue weighted by Crippen LogP contribution is 2.31. The molecule has 22 heavy (non-hydrogen) atoms. The van der Waals surface area contributed by atoms with Crippen LogP contribution in [0.15, 0.2) is 33.0 Å². The van der Waals surface area contributed by atoms with Gasteiger partial charge in [0, 0.05) is 30.3 Å². The molecule has 0 atom stereocenters. The lowest BCUT2D eigenvalue weighted by Crippen LogP contribution is -2.27. The number of hydrogen-bond donors (Lipinski definition) is 1. The second-order valence-corrected chi connectivity index (χ2v) is 5.72. The fourth-order valence-electron chi connectivity index (χ4n) is 2.40. The van der Waals surface area contributed by atoms with E-state index in [4.69, 9.17) is 10.2 Å². The summed E-state index contributed by atoms with van der Waals surface area (Å²) < 4.78 is 6.93. The minimum atomic E-state index is -0.439. The summed E-state index contributed by atoms with van der Waals surface area (Å²) in [5, 5.41) is 2.40. The number of carbonyl (C=O) groups excluding carboxylic acids is 1. The van der Waals surface area contributed by atoms with E-state index < -0.39 is 5.91 Å². The molecule has 0 fully saturated rings. The number of aryl methyl sites for hydroxylation is 1. The molecule has 3 aromatic heterocycles. The Morgan fingerprint density at radius 3 is 2.95 bits per heavy atom. The molecule has 1 amide bonds. The Hall–Kier alpha value is -2.41. The van der Waals surface area contributed by atoms with Gasteiger partial charge in [0.2, 0.25) is 5.91 Å². The van der Waals surface area contributed by atoms with Crippen molar-refractivity contribution in [2.75, 3.05) is 0 Å². The molecule has 0 spiro atoms. The number of furan rings is 1. The van der Waals surface area contributed by atoms with Gasteiger partial charge in [0.15, 0.2) is 0 Å². The van der Waals surface area contributed by atoms with Crippen LogP contribution in [0, 0.1) is 0 Å². The van der Waals surface area contributed by atoms with Crippen LogP contribution in [0.2, 0.25) is 0 Å². The normalized spacial score (nSPS) is 11.1. The summed E-state index contributed by atoms with van der Waals surface area (Å²) in [7, 11) is 0. The smallest absolute Gasteiger partial charge is 0.263 e. The van der Waals surface area contributed by atoms with Gasteiger partial charge in [-0.2, -0.15) is 0 Å². The maximum absolute atomic E-state index is 12.8. The number of nitrogens with two attached hydrogens (primary N) is 1. The van der Waals surface area contributed by atoms with Gasteiger partial charge in [-0.3, -0.25) is 14.2 Å². The Bertz CT molecular complexity index is 877. The number of hydrogen-bond acceptors (Lipinski definition) is 5. The van der Waals surface area contributed by atoms with Crippen LogP contribution in [-0.2, 0) is 17.8 Å². The van der Waals surface area contributed by atoms with Crippen LogP contribution in [0.4, 0.5) is 0 Å². The monoisotopic (exact) mass is 317 g/mol. The average molecular weight is 317 g/mol. The first-order valence-electron chi connectivity index (χ1n) is 6.95. The molecule has 0 aliphatic rings. The van der Waals surface area contributed by atoms with Gasteiger partial charge < -0.3 is 10.2 Å². The molecule has 0 radical (unpaired) electrons. The highest BCUT2D eigenvalue weighted by molar-refractivity contribution is 7.17. The van der Waals surface area contributed by atoms with Crippen LogP contribution in [0.25, 0.3) is 21.5 Å². The molecule has 0 aromatic carbocycles. The van der Waals surface area contributed by atoms with Crippen molar-refractivity contribution in [3.63, 3.8) is 0 Å². The molecule has 3 rings (SSSR count). The van der Waals surface area contributed by atoms with Crippen molar-refractivity contribution in [3.8, 4) is 11.3 Å². The first-order chi connectivity index (χ1) is 10.6. The Balaban J connectivity index is 2.21. The van der Waals surface area contributed by atoms with Crippen LogP contribution < -0.4 is 11.3 Å². The lowest BCUT2D eigenvalue weighted by molar-refractivity contribution is -0.118. The number of rotatable bonds is 5. The van der Waals surface area contributed by atoms with Crippen molar-refractivity contribution in [1.82, 2.24) is 9.55 Å². The van der Waals surface area contributed by atoms with Gasteiger partial charge in [0.05, 0.1) is 11.6 Å². The third-order valence-electron chi connectivity index (χ3n) is 3.46. The summed E-state index contributed by atoms with van der Waals surface area (Å²) in [6.07, 6.45) is 2.29. The number of nitrogens with zero attached hydrogens (tertiary/aromatic N) is 2. The zero-order chi connectivity index (χ0) is 15.7. The van der Waals surface area contributed by atoms with Gasteiger partial charge in [-0.1, -0.05) is 6.92 Å². The van der Waals surface area contributed by atoms with Crippen molar-refractivity contribution in [2.45, 2.75) is 26.3 Å². The number of carbonyl (C=O) groups is 1. The largest absolute Gasteiger partial charge is 0.464 e. The molecular formula is C15H15N3O3S. The Labute approximate surface area is 130 Å². The molecule has 6 nitrogen and oxygen atoms in total. The van der Waals surface area contributed by atoms with Gasteiger partial charge >= 0.3 is 0 Å². The molecule has 0 unspecified atom stereocenters. The molecule has 114 valence electrons. The molecule has 0 saturated carbocycles. The maximum atomic E-state index is 12.8. The third-order valence-corrected chi connectivity index (χ3v) is 4.33. The van der Waals surface area contributed by atoms with E-state index in [1.807, 2.05) is 18.4 Å². The Morgan fingerprint density at radius 1 is 1.50 bits per heavy atom. The summed E-state index contributed by atoms with van der Waals surface area (Å²) in [5.74, 6) is 0.855. The van der Waals surface area contributed by atoms with E-state index in [1.165, 1.54) is 15.9 Å². The standard InChI is InChI=1S/C15H15N3O3S/c1-2-12-17-14-13(15(20)18(12)6-5-11(16)19)9(8-22-14)10-4-3-7-21-10/h3-4,7-8H,2,5-6H2,1H3,(H2,16,19). The summed E-state index contributed by atoms with van der Waals surface area (Å²) in [5.41, 5.74) is 5.77. The summed E-state index contributed by atoms with van der Waals surface area (Å²) in [4.78, 5) is 29.1. The van der Waals surface area contributed by atoms with Crippen LogP contribution in [0.3, 0.4) is 0 Å². The van der Waals surface area contributed by atoms with E-state index in [1.54, 1.807) is 12.3 Å². The molecular weight excluding hydrogens is 302 g/mol. The number of thiophene rings is 1. The van der Waals surface area contributed by atoms with Crippen LogP contribution in [0.5, 0.6) is 0 Å². The lowest BCUT2D eigenvalue weighted by Gasteiger charge is -2.10. The van der Waals surface area contributed by atoms with Crippen molar-refractivity contribution >= 4 is 27.5 Å². The number of primary amides is 1. The molecule has 0 saturated heterocycles. The second kappa shape index (κ2) is 5.76. The van der Waals surface area contributed by atoms with Crippen molar-refractivity contribution < 1.29 is 9.21 Å². The number of fused-ring (bicyclic) bond motifs is 1. The van der Waals surface area contributed by atoms with E-state index in [9.17, 15) is 9.59 Å². The summed E-state index contributed by atoms with van der Waals surface area (Å²) in [6, 6.07) is 3.58. The third kappa shape index (κ3) is 2.43. The molecule has 2 N–H and O–H groups in total. The van der Waals surface area contributed by atoms with Crippen LogP contribution in [0.1, 0.15) is 19.2 Å². The summed E-state index contributed by atoms with van der Waals surface area (Å²) >= 11 is 1.41. The van der Waals surface area contributed by atoms with Gasteiger partial charge in [-0.05, 0) is 12.1 Å². The van der Waals surface area contributed by atoms with Crippen LogP contribution >= 0.6 is 11.3 Å². The minimum Gasteiger partial charge on any atom is -0.464 e. The average Bonchev–Trinajstić information content (AvgIpc) is 3.14. The summed E-state index contributed by atoms with van der Waals surface area (Å²) in [6.45, 7) is 2.17. The van der Waals surface area contributed by atoms with E-state index >= 15 is 0 Å². The van der Waals surface area contributed by atoms with Gasteiger partial charge in [0.1, 0.15) is 16.4 Å². The minimum absolute atomic E-state index is 0.111. The molecule has 0 aliphatic carbocycles. The number of aromatic nitrogens is 2. The first kappa shape index (κ1) is 14.5. The molecule has 0 aliphatic heterocycles. The molecule has 7 heteroatoms. The highest BCUT2D eigenvalue weighted by Gasteiger charge is 2.17. The molecule has 3 aromatic rings.